The maximum absolute atomic E-state index is 12.5. The normalized spacial score (nSPS) is 13.6. The molecule has 2 atom stereocenters. The molecule has 1 N–H and O–H groups in total. The second kappa shape index (κ2) is 7.15. The van der Waals surface area contributed by atoms with Gasteiger partial charge in [0, 0.05) is 25.4 Å². The van der Waals surface area contributed by atoms with Gasteiger partial charge in [-0.2, -0.15) is 5.21 Å². The van der Waals surface area contributed by atoms with Crippen LogP contribution in [0.5, 0.6) is 0 Å². The predicted molar refractivity (Wildman–Crippen MR) is 84.3 cm³/mol. The average Bonchev–Trinajstić information content (AvgIpc) is 3.03. The van der Waals surface area contributed by atoms with Crippen molar-refractivity contribution >= 4 is 5.91 Å². The molecule has 0 spiro atoms. The second-order valence-corrected chi connectivity index (χ2v) is 5.98. The lowest BCUT2D eigenvalue weighted by atomic mass is 9.98. The Labute approximate surface area is 130 Å². The van der Waals surface area contributed by atoms with Crippen molar-refractivity contribution in [1.82, 2.24) is 25.5 Å². The van der Waals surface area contributed by atoms with Crippen LogP contribution in [-0.4, -0.2) is 45.0 Å². The molecule has 6 nitrogen and oxygen atoms in total. The first kappa shape index (κ1) is 16.1. The first-order valence-electron chi connectivity index (χ1n) is 7.51. The van der Waals surface area contributed by atoms with Gasteiger partial charge in [0.15, 0.2) is 5.82 Å². The van der Waals surface area contributed by atoms with Crippen LogP contribution in [0.3, 0.4) is 0 Å². The first-order valence-corrected chi connectivity index (χ1v) is 7.51. The highest BCUT2D eigenvalue weighted by Gasteiger charge is 2.21. The van der Waals surface area contributed by atoms with E-state index in [1.165, 1.54) is 11.1 Å². The van der Waals surface area contributed by atoms with Gasteiger partial charge in [0.2, 0.25) is 5.91 Å². The fourth-order valence-corrected chi connectivity index (χ4v) is 2.50. The van der Waals surface area contributed by atoms with Gasteiger partial charge < -0.3 is 4.90 Å². The summed E-state index contributed by atoms with van der Waals surface area (Å²) in [6.45, 7) is 6.60. The summed E-state index contributed by atoms with van der Waals surface area (Å²) >= 11 is 0. The number of hydrogen-bond donors (Lipinski definition) is 1. The van der Waals surface area contributed by atoms with Crippen LogP contribution in [0.25, 0.3) is 0 Å². The minimum atomic E-state index is -0.0508. The van der Waals surface area contributed by atoms with Gasteiger partial charge in [0.1, 0.15) is 0 Å². The van der Waals surface area contributed by atoms with Gasteiger partial charge in [-0.25, -0.2) is 0 Å². The summed E-state index contributed by atoms with van der Waals surface area (Å²) < 4.78 is 0. The molecule has 1 aromatic heterocycles. The largest absolute Gasteiger partial charge is 0.345 e. The maximum atomic E-state index is 12.5. The van der Waals surface area contributed by atoms with Crippen LogP contribution in [0.15, 0.2) is 24.3 Å². The minimum Gasteiger partial charge on any atom is -0.345 e. The minimum absolute atomic E-state index is 0.0508. The van der Waals surface area contributed by atoms with Crippen LogP contribution >= 0.6 is 0 Å². The Balaban J connectivity index is 1.90. The van der Waals surface area contributed by atoms with Crippen molar-refractivity contribution in [3.05, 3.63) is 41.2 Å². The average molecular weight is 301 g/mol. The van der Waals surface area contributed by atoms with Crippen molar-refractivity contribution < 1.29 is 4.79 Å². The lowest BCUT2D eigenvalue weighted by molar-refractivity contribution is -0.133. The van der Waals surface area contributed by atoms with E-state index < -0.39 is 0 Å². The number of benzene rings is 1. The molecule has 2 aromatic rings. The number of likely N-dealkylation sites (N-methyl/N-ethyl adjacent to an activating group) is 1. The topological polar surface area (TPSA) is 74.8 Å². The number of nitrogens with one attached hydrogen (secondary N) is 1. The molecule has 1 amide bonds. The van der Waals surface area contributed by atoms with Crippen molar-refractivity contribution in [3.8, 4) is 0 Å². The van der Waals surface area contributed by atoms with Crippen LogP contribution in [0.2, 0.25) is 0 Å². The summed E-state index contributed by atoms with van der Waals surface area (Å²) in [5.74, 6) is 0.770. The van der Waals surface area contributed by atoms with Gasteiger partial charge in [-0.15, -0.1) is 10.2 Å². The van der Waals surface area contributed by atoms with Crippen LogP contribution < -0.4 is 0 Å². The number of rotatable bonds is 6. The maximum Gasteiger partial charge on any atom is 0.225 e. The van der Waals surface area contributed by atoms with E-state index in [1.54, 1.807) is 4.90 Å². The molecule has 0 saturated carbocycles. The zero-order valence-electron chi connectivity index (χ0n) is 13.6. The standard InChI is InChI=1S/C16H23N5O/c1-11-5-7-14(8-6-11)9-12(2)16(22)21(4)10-13(3)15-17-19-20-18-15/h5-8,12-13H,9-10H2,1-4H3,(H,17,18,19,20)/t12-,13-/m0/s1. The molecule has 6 heteroatoms. The van der Waals surface area contributed by atoms with E-state index in [2.05, 4.69) is 51.8 Å². The molecule has 2 rings (SSSR count). The van der Waals surface area contributed by atoms with Gasteiger partial charge in [-0.3, -0.25) is 4.79 Å². The van der Waals surface area contributed by atoms with Gasteiger partial charge in [0.05, 0.1) is 0 Å². The van der Waals surface area contributed by atoms with E-state index >= 15 is 0 Å². The lowest BCUT2D eigenvalue weighted by Gasteiger charge is -2.23. The molecule has 0 radical (unpaired) electrons. The number of aromatic amines is 1. The van der Waals surface area contributed by atoms with Crippen LogP contribution in [-0.2, 0) is 11.2 Å². The smallest absolute Gasteiger partial charge is 0.225 e. The third-order valence-corrected chi connectivity index (χ3v) is 3.81. The van der Waals surface area contributed by atoms with Crippen molar-refractivity contribution in [1.29, 1.82) is 0 Å². The molecule has 118 valence electrons. The van der Waals surface area contributed by atoms with E-state index in [9.17, 15) is 4.79 Å². The lowest BCUT2D eigenvalue weighted by Crippen LogP contribution is -2.35. The third-order valence-electron chi connectivity index (χ3n) is 3.81. The summed E-state index contributed by atoms with van der Waals surface area (Å²) in [7, 11) is 1.82. The highest BCUT2D eigenvalue weighted by atomic mass is 16.2. The summed E-state index contributed by atoms with van der Waals surface area (Å²) in [4.78, 5) is 14.2. The zero-order valence-corrected chi connectivity index (χ0v) is 13.6. The van der Waals surface area contributed by atoms with Crippen molar-refractivity contribution in [2.24, 2.45) is 5.92 Å². The molecule has 0 aliphatic heterocycles. The monoisotopic (exact) mass is 301 g/mol. The molecule has 0 bridgehead atoms. The van der Waals surface area contributed by atoms with E-state index in [1.807, 2.05) is 20.9 Å². The summed E-state index contributed by atoms with van der Waals surface area (Å²) in [6, 6.07) is 8.32. The van der Waals surface area contributed by atoms with Crippen LogP contribution in [0, 0.1) is 12.8 Å². The Morgan fingerprint density at radius 2 is 1.95 bits per heavy atom. The van der Waals surface area contributed by atoms with E-state index in [-0.39, 0.29) is 17.7 Å². The number of aromatic nitrogens is 4. The van der Waals surface area contributed by atoms with Gasteiger partial charge in [-0.05, 0) is 18.9 Å². The van der Waals surface area contributed by atoms with E-state index in [4.69, 9.17) is 0 Å². The number of H-pyrrole nitrogens is 1. The molecule has 1 heterocycles. The van der Waals surface area contributed by atoms with E-state index in [0.29, 0.717) is 12.4 Å². The van der Waals surface area contributed by atoms with Gasteiger partial charge in [-0.1, -0.05) is 48.9 Å². The number of amides is 1. The predicted octanol–water partition coefficient (Wildman–Crippen LogP) is 1.95. The Morgan fingerprint density at radius 1 is 1.27 bits per heavy atom. The number of nitrogens with zero attached hydrogens (tertiary/aromatic N) is 4. The van der Waals surface area contributed by atoms with Crippen molar-refractivity contribution in [3.63, 3.8) is 0 Å². The number of carbonyl (C=O) groups excluding carboxylic acids is 1. The quantitative estimate of drug-likeness (QED) is 0.885. The molecule has 22 heavy (non-hydrogen) atoms. The van der Waals surface area contributed by atoms with E-state index in [0.717, 1.165) is 6.42 Å². The SMILES string of the molecule is Cc1ccc(C[C@H](C)C(=O)N(C)C[C@H](C)c2nn[nH]n2)cc1. The molecule has 0 fully saturated rings. The molecule has 1 aromatic carbocycles. The molecular formula is C16H23N5O. The Kier molecular flexibility index (Phi) is 5.25. The highest BCUT2D eigenvalue weighted by molar-refractivity contribution is 5.78. The first-order chi connectivity index (χ1) is 10.5. The van der Waals surface area contributed by atoms with Gasteiger partial charge in [0.25, 0.3) is 0 Å². The second-order valence-electron chi connectivity index (χ2n) is 5.98. The van der Waals surface area contributed by atoms with Gasteiger partial charge >= 0.3 is 0 Å². The van der Waals surface area contributed by atoms with Crippen molar-refractivity contribution in [2.45, 2.75) is 33.1 Å². The van der Waals surface area contributed by atoms with Crippen LogP contribution in [0.1, 0.15) is 36.7 Å². The number of carbonyl (C=O) groups is 1. The fraction of sp³-hybridized carbons (Fsp3) is 0.500. The molecular weight excluding hydrogens is 278 g/mol. The van der Waals surface area contributed by atoms with Crippen molar-refractivity contribution in [2.75, 3.05) is 13.6 Å². The Morgan fingerprint density at radius 3 is 2.55 bits per heavy atom. The van der Waals surface area contributed by atoms with Crippen LogP contribution in [0.4, 0.5) is 0 Å². The zero-order chi connectivity index (χ0) is 16.1. The number of hydrogen-bond acceptors (Lipinski definition) is 4. The Hall–Kier alpha value is -2.24. The number of tetrazole rings is 1. The molecule has 0 aliphatic carbocycles. The fourth-order valence-electron chi connectivity index (χ4n) is 2.50. The molecule has 0 unspecified atom stereocenters. The molecule has 0 saturated heterocycles. The summed E-state index contributed by atoms with van der Waals surface area (Å²) in [5.41, 5.74) is 2.42. The summed E-state index contributed by atoms with van der Waals surface area (Å²) in [6.07, 6.45) is 0.750. The number of aryl methyl sites for hydroxylation is 1. The summed E-state index contributed by atoms with van der Waals surface area (Å²) in [5, 5.41) is 13.9. The highest BCUT2D eigenvalue weighted by Crippen LogP contribution is 2.15. The molecule has 0 aliphatic rings. The Bertz CT molecular complexity index is 594. The third kappa shape index (κ3) is 4.13.